The third-order valence-corrected chi connectivity index (χ3v) is 13.0. The molecule has 4 fully saturated rings. The Morgan fingerprint density at radius 3 is 2.26 bits per heavy atom. The van der Waals surface area contributed by atoms with Crippen molar-refractivity contribution in [2.45, 2.75) is 105 Å². The van der Waals surface area contributed by atoms with Gasteiger partial charge in [0, 0.05) is 23.3 Å². The zero-order chi connectivity index (χ0) is 28.1. The zero-order valence-corrected chi connectivity index (χ0v) is 24.6. The van der Waals surface area contributed by atoms with E-state index in [1.807, 2.05) is 19.9 Å². The van der Waals surface area contributed by atoms with Crippen LogP contribution in [0.4, 0.5) is 4.79 Å². The number of carbonyl (C=O) groups is 3. The molecule has 0 aromatic rings. The van der Waals surface area contributed by atoms with Crippen LogP contribution in [0.15, 0.2) is 11.8 Å². The Labute approximate surface area is 228 Å². The molecule has 6 heteroatoms. The molecule has 0 spiro atoms. The summed E-state index contributed by atoms with van der Waals surface area (Å²) in [5.74, 6) is 0.379. The van der Waals surface area contributed by atoms with Crippen molar-refractivity contribution in [3.8, 4) is 0 Å². The smallest absolute Gasteiger partial charge is 0.407 e. The number of fused-ring (bicyclic) bond motifs is 7. The molecular weight excluding hydrogens is 476 g/mol. The van der Waals surface area contributed by atoms with Gasteiger partial charge in [-0.3, -0.25) is 4.79 Å². The minimum absolute atomic E-state index is 0.0504. The summed E-state index contributed by atoms with van der Waals surface area (Å²) in [7, 11) is 1.42. The molecule has 0 aromatic carbocycles. The summed E-state index contributed by atoms with van der Waals surface area (Å²) in [6.45, 7) is 23.3. The molecule has 0 heterocycles. The fraction of sp³-hybridized carbons (Fsp3) is 0.812. The number of alkyl carbamates (subject to hydrolysis) is 1. The van der Waals surface area contributed by atoms with Crippen molar-refractivity contribution in [3.05, 3.63) is 23.2 Å². The first kappa shape index (κ1) is 27.4. The van der Waals surface area contributed by atoms with Crippen LogP contribution in [0.1, 0.15) is 99.8 Å². The fourth-order valence-electron chi connectivity index (χ4n) is 10.7. The number of nitrogens with zero attached hydrogens (tertiary/aromatic N) is 1. The lowest BCUT2D eigenvalue weighted by molar-refractivity contribution is -0.214. The number of amides is 1. The molecule has 5 rings (SSSR count). The van der Waals surface area contributed by atoms with Gasteiger partial charge in [0.2, 0.25) is 5.70 Å². The molecule has 5 aliphatic carbocycles. The molecular formula is C32H46N2O4. The Morgan fingerprint density at radius 1 is 0.974 bits per heavy atom. The summed E-state index contributed by atoms with van der Waals surface area (Å²) >= 11 is 0. The number of ether oxygens (including phenoxy) is 1. The number of allylic oxidation sites excluding steroid dienone is 2. The Hall–Kier alpha value is -2.16. The van der Waals surface area contributed by atoms with Gasteiger partial charge >= 0.3 is 6.09 Å². The fourth-order valence-corrected chi connectivity index (χ4v) is 10.7. The maximum absolute atomic E-state index is 14.5. The van der Waals surface area contributed by atoms with Crippen LogP contribution in [-0.4, -0.2) is 30.3 Å². The van der Waals surface area contributed by atoms with Crippen molar-refractivity contribution in [3.63, 3.8) is 0 Å². The summed E-state index contributed by atoms with van der Waals surface area (Å²) < 4.78 is 5.07. The largest absolute Gasteiger partial charge is 0.453 e. The third-order valence-electron chi connectivity index (χ3n) is 13.0. The van der Waals surface area contributed by atoms with Crippen molar-refractivity contribution in [1.82, 2.24) is 5.32 Å². The Balaban J connectivity index is 1.62. The van der Waals surface area contributed by atoms with E-state index in [1.54, 1.807) is 0 Å². The van der Waals surface area contributed by atoms with E-state index in [-0.39, 0.29) is 51.4 Å². The van der Waals surface area contributed by atoms with E-state index in [9.17, 15) is 14.4 Å². The molecule has 0 bridgehead atoms. The van der Waals surface area contributed by atoms with Crippen molar-refractivity contribution < 1.29 is 19.1 Å². The summed E-state index contributed by atoms with van der Waals surface area (Å²) in [5, 5.41) is 3.27. The van der Waals surface area contributed by atoms with E-state index in [0.29, 0.717) is 12.2 Å². The van der Waals surface area contributed by atoms with Crippen molar-refractivity contribution in [2.75, 3.05) is 7.11 Å². The standard InChI is InChI=1S/C32H46N2O4/c1-27(2)12-14-32(34-26(37)38-9)15-13-31(7)24(19(32)17-27)21(35)16-23-29(5)18-20(33-8)25(36)28(3,4)22(29)10-11-30(23,31)6/h18-19,22-24H,10-17H2,1-7,9H3,(H,34,37)/t19?,22-,23+,24?,29-,30+,31+,32-/m0/s1. The molecule has 38 heavy (non-hydrogen) atoms. The summed E-state index contributed by atoms with van der Waals surface area (Å²) in [5.41, 5.74) is -1.41. The Morgan fingerprint density at radius 2 is 1.63 bits per heavy atom. The SMILES string of the molecule is [C-]#[N+]C1=C[C@]2(C)[C@H]3CC(=O)C4C5CC(C)(C)CC[C@]5(NC(=O)OC)CC[C@@]4(C)[C@]3(C)CC[C@H]2C(C)(C)C1=O. The molecule has 0 aromatic heterocycles. The molecule has 0 aliphatic heterocycles. The monoisotopic (exact) mass is 522 g/mol. The van der Waals surface area contributed by atoms with Crippen LogP contribution in [0, 0.1) is 57.3 Å². The van der Waals surface area contributed by atoms with Gasteiger partial charge in [-0.1, -0.05) is 54.5 Å². The van der Waals surface area contributed by atoms with Gasteiger partial charge in [0.15, 0.2) is 5.78 Å². The molecule has 1 N–H and O–H groups in total. The maximum Gasteiger partial charge on any atom is 0.407 e. The van der Waals surface area contributed by atoms with E-state index in [2.05, 4.69) is 44.8 Å². The van der Waals surface area contributed by atoms with Gasteiger partial charge in [0.05, 0.1) is 13.7 Å². The number of rotatable bonds is 1. The predicted molar refractivity (Wildman–Crippen MR) is 146 cm³/mol. The van der Waals surface area contributed by atoms with Crippen molar-refractivity contribution in [1.29, 1.82) is 0 Å². The van der Waals surface area contributed by atoms with Crippen LogP contribution < -0.4 is 5.32 Å². The number of hydrogen-bond acceptors (Lipinski definition) is 4. The second kappa shape index (κ2) is 8.18. The first-order valence-corrected chi connectivity index (χ1v) is 14.6. The van der Waals surface area contributed by atoms with Crippen LogP contribution in [0.25, 0.3) is 4.85 Å². The van der Waals surface area contributed by atoms with Gasteiger partial charge in [-0.05, 0) is 84.4 Å². The number of Topliss-reactive ketones (excluding diaryl/α,β-unsaturated/α-hetero) is 2. The Kier molecular flexibility index (Phi) is 5.90. The molecule has 1 amide bonds. The highest BCUT2D eigenvalue weighted by molar-refractivity contribution is 6.02. The molecule has 0 radical (unpaired) electrons. The number of ketones is 2. The maximum atomic E-state index is 14.5. The predicted octanol–water partition coefficient (Wildman–Crippen LogP) is 6.75. The van der Waals surface area contributed by atoms with E-state index < -0.39 is 22.5 Å². The molecule has 208 valence electrons. The second-order valence-corrected chi connectivity index (χ2v) is 15.4. The average molecular weight is 523 g/mol. The van der Waals surface area contributed by atoms with Gasteiger partial charge in [-0.15, -0.1) is 0 Å². The van der Waals surface area contributed by atoms with E-state index in [4.69, 9.17) is 11.3 Å². The van der Waals surface area contributed by atoms with Crippen LogP contribution in [0.5, 0.6) is 0 Å². The number of hydrogen-bond donors (Lipinski definition) is 1. The molecule has 2 unspecified atom stereocenters. The number of nitrogens with one attached hydrogen (secondary N) is 1. The summed E-state index contributed by atoms with van der Waals surface area (Å²) in [4.78, 5) is 44.0. The topological polar surface area (TPSA) is 76.8 Å². The third kappa shape index (κ3) is 3.38. The van der Waals surface area contributed by atoms with Gasteiger partial charge < -0.3 is 14.8 Å². The van der Waals surface area contributed by atoms with E-state index in [1.165, 1.54) is 7.11 Å². The normalized spacial score (nSPS) is 46.8. The zero-order valence-electron chi connectivity index (χ0n) is 24.6. The summed E-state index contributed by atoms with van der Waals surface area (Å²) in [6, 6.07) is 0. The van der Waals surface area contributed by atoms with Crippen LogP contribution in [0.2, 0.25) is 0 Å². The first-order valence-electron chi connectivity index (χ1n) is 14.6. The second-order valence-electron chi connectivity index (χ2n) is 15.4. The van der Waals surface area contributed by atoms with Crippen molar-refractivity contribution >= 4 is 17.7 Å². The van der Waals surface area contributed by atoms with Crippen LogP contribution in [-0.2, 0) is 14.3 Å². The quantitative estimate of drug-likeness (QED) is 0.387. The van der Waals surface area contributed by atoms with E-state index in [0.717, 1.165) is 44.9 Å². The summed E-state index contributed by atoms with van der Waals surface area (Å²) in [6.07, 6.45) is 8.45. The van der Waals surface area contributed by atoms with Gasteiger partial charge in [-0.2, -0.15) is 0 Å². The number of carbonyl (C=O) groups excluding carboxylic acids is 3. The minimum atomic E-state index is -0.620. The number of methoxy groups -OCH3 is 1. The van der Waals surface area contributed by atoms with Gasteiger partial charge in [0.25, 0.3) is 0 Å². The molecule has 5 aliphatic rings. The highest BCUT2D eigenvalue weighted by atomic mass is 16.5. The molecule has 0 saturated heterocycles. The van der Waals surface area contributed by atoms with Gasteiger partial charge in [0.1, 0.15) is 5.78 Å². The minimum Gasteiger partial charge on any atom is -0.453 e. The molecule has 4 saturated carbocycles. The lowest BCUT2D eigenvalue weighted by atomic mass is 9.32. The Bertz CT molecular complexity index is 1160. The lowest BCUT2D eigenvalue weighted by Crippen LogP contribution is -2.72. The molecule has 6 nitrogen and oxygen atoms in total. The highest BCUT2D eigenvalue weighted by Crippen LogP contribution is 2.74. The van der Waals surface area contributed by atoms with Crippen LogP contribution in [0.3, 0.4) is 0 Å². The first-order chi connectivity index (χ1) is 17.5. The van der Waals surface area contributed by atoms with Crippen LogP contribution >= 0.6 is 0 Å². The van der Waals surface area contributed by atoms with Gasteiger partial charge in [-0.25, -0.2) is 9.64 Å². The average Bonchev–Trinajstić information content (AvgIpc) is 2.83. The lowest BCUT2D eigenvalue weighted by Gasteiger charge is -2.72. The van der Waals surface area contributed by atoms with E-state index >= 15 is 0 Å². The highest BCUT2D eigenvalue weighted by Gasteiger charge is 2.72. The molecule has 8 atom stereocenters. The van der Waals surface area contributed by atoms with Crippen molar-refractivity contribution in [2.24, 2.45) is 50.7 Å².